The molecule has 3 aliphatic carbocycles. The molecule has 2 saturated carbocycles. The Morgan fingerprint density at radius 1 is 0.817 bits per heavy atom. The van der Waals surface area contributed by atoms with Crippen LogP contribution in [0.5, 0.6) is 0 Å². The zero-order chi connectivity index (χ0) is 45.0. The lowest BCUT2D eigenvalue weighted by atomic mass is 9.75. The third kappa shape index (κ3) is 24.7. The monoisotopic (exact) mass is 824 g/mol. The molecular formula is C57H97N3. The molecule has 0 spiro atoms. The van der Waals surface area contributed by atoms with Crippen molar-refractivity contribution in [3.63, 3.8) is 0 Å². The summed E-state index contributed by atoms with van der Waals surface area (Å²) in [6, 6.07) is 11.1. The second kappa shape index (κ2) is 37.3. The van der Waals surface area contributed by atoms with Crippen LogP contribution in [0.4, 0.5) is 0 Å². The van der Waals surface area contributed by atoms with E-state index >= 15 is 0 Å². The van der Waals surface area contributed by atoms with Crippen molar-refractivity contribution in [3.8, 4) is 0 Å². The number of rotatable bonds is 24. The van der Waals surface area contributed by atoms with Gasteiger partial charge in [-0.15, -0.1) is 6.58 Å². The topological polar surface area (TPSA) is 36.1 Å². The van der Waals surface area contributed by atoms with Gasteiger partial charge in [0.05, 0.1) is 0 Å². The van der Waals surface area contributed by atoms with Crippen LogP contribution in [0.15, 0.2) is 128 Å². The Balaban J connectivity index is 0.000000921. The first kappa shape index (κ1) is 56.5. The molecule has 4 unspecified atom stereocenters. The molecule has 2 fully saturated rings. The van der Waals surface area contributed by atoms with Crippen LogP contribution in [0.3, 0.4) is 0 Å². The fraction of sp³-hybridized carbons (Fsp3) is 0.614. The van der Waals surface area contributed by atoms with Gasteiger partial charge < -0.3 is 16.0 Å². The van der Waals surface area contributed by atoms with E-state index in [0.717, 1.165) is 49.0 Å². The van der Waals surface area contributed by atoms with Gasteiger partial charge in [0.2, 0.25) is 0 Å². The van der Waals surface area contributed by atoms with Crippen molar-refractivity contribution in [3.05, 3.63) is 134 Å². The van der Waals surface area contributed by atoms with E-state index in [2.05, 4.69) is 132 Å². The molecule has 3 nitrogen and oxygen atoms in total. The van der Waals surface area contributed by atoms with E-state index in [4.69, 9.17) is 0 Å². The van der Waals surface area contributed by atoms with Gasteiger partial charge in [-0.1, -0.05) is 199 Å². The van der Waals surface area contributed by atoms with E-state index in [-0.39, 0.29) is 0 Å². The van der Waals surface area contributed by atoms with Gasteiger partial charge in [0.1, 0.15) is 0 Å². The first-order valence-corrected chi connectivity index (χ1v) is 24.7. The standard InChI is InChI=1S/C24H42N2.C21H31N.C8H12.2C2H6/c1-5-25-17-11-16-23(19(2)3)24(22-14-7-6-8-15-22)26-20(4)18-21-12-9-10-13-21;1-6-12-17(3)18(4)19(5)22-16-11-15-20(7-2)21-13-9-8-10-14-21;1-2-8-6-4-3-5-7-8;2*1-2/h5,21-26H,1-2,4,6-18H2,3H3;7-10,13-14,17,20,22H,2,4-6,11-12,15-16H2,1,3H3;3-4,6H,2,5,7H2,1H3;2*1-2H3. The second-order valence-electron chi connectivity index (χ2n) is 16.9. The maximum atomic E-state index is 4.44. The highest BCUT2D eigenvalue weighted by atomic mass is 14.9. The van der Waals surface area contributed by atoms with Gasteiger partial charge in [-0.2, -0.15) is 0 Å². The largest absolute Gasteiger partial charge is 0.391 e. The lowest BCUT2D eigenvalue weighted by molar-refractivity contribution is 0.223. The third-order valence-corrected chi connectivity index (χ3v) is 12.4. The van der Waals surface area contributed by atoms with Gasteiger partial charge in [-0.3, -0.25) is 0 Å². The minimum atomic E-state index is 0.429. The molecule has 0 saturated heterocycles. The fourth-order valence-electron chi connectivity index (χ4n) is 8.80. The zero-order valence-corrected chi connectivity index (χ0v) is 40.8. The van der Waals surface area contributed by atoms with Crippen LogP contribution in [-0.4, -0.2) is 19.1 Å². The summed E-state index contributed by atoms with van der Waals surface area (Å²) >= 11 is 0. The van der Waals surface area contributed by atoms with Crippen LogP contribution >= 0.6 is 0 Å². The van der Waals surface area contributed by atoms with Crippen molar-refractivity contribution in [2.45, 2.75) is 189 Å². The molecule has 3 N–H and O–H groups in total. The van der Waals surface area contributed by atoms with Gasteiger partial charge in [0.15, 0.2) is 0 Å². The molecule has 0 radical (unpaired) electrons. The Labute approximate surface area is 374 Å². The second-order valence-corrected chi connectivity index (χ2v) is 16.9. The van der Waals surface area contributed by atoms with Crippen molar-refractivity contribution in [1.29, 1.82) is 0 Å². The highest BCUT2D eigenvalue weighted by Gasteiger charge is 2.31. The van der Waals surface area contributed by atoms with E-state index in [1.807, 2.05) is 33.8 Å². The smallest absolute Gasteiger partial charge is 0.0351 e. The summed E-state index contributed by atoms with van der Waals surface area (Å²) in [5.74, 6) is 3.12. The lowest BCUT2D eigenvalue weighted by Crippen LogP contribution is -2.43. The summed E-state index contributed by atoms with van der Waals surface area (Å²) < 4.78 is 0. The molecule has 0 bridgehead atoms. The van der Waals surface area contributed by atoms with Crippen molar-refractivity contribution < 1.29 is 0 Å². The molecule has 3 heteroatoms. The number of hydrogen-bond donors (Lipinski definition) is 3. The summed E-state index contributed by atoms with van der Waals surface area (Å²) in [6.07, 6.45) is 34.8. The van der Waals surface area contributed by atoms with Crippen LogP contribution < -0.4 is 16.0 Å². The van der Waals surface area contributed by atoms with Crippen molar-refractivity contribution in [2.75, 3.05) is 13.1 Å². The number of nitrogens with one attached hydrogen (secondary N) is 3. The van der Waals surface area contributed by atoms with Crippen molar-refractivity contribution in [2.24, 2.45) is 23.7 Å². The van der Waals surface area contributed by atoms with E-state index in [9.17, 15) is 0 Å². The highest BCUT2D eigenvalue weighted by molar-refractivity contribution is 5.26. The van der Waals surface area contributed by atoms with E-state index in [1.54, 1.807) is 11.8 Å². The Bertz CT molecular complexity index is 1340. The SMILES string of the molecule is C=CC(CCCNC(=C)C(=C)C(C)CCC)c1ccccc1.C=CNCCCC(C(=C)C)C(NC(=C)CC1CCCC1)C1CCCCC1.CC.CC.CCC1=CC=CCC1. The van der Waals surface area contributed by atoms with Crippen LogP contribution in [0.1, 0.15) is 189 Å². The Morgan fingerprint density at radius 3 is 1.98 bits per heavy atom. The summed E-state index contributed by atoms with van der Waals surface area (Å²) in [7, 11) is 0. The number of hydrogen-bond acceptors (Lipinski definition) is 3. The first-order chi connectivity index (χ1) is 29.1. The molecule has 4 atom stereocenters. The van der Waals surface area contributed by atoms with Gasteiger partial charge in [0, 0.05) is 36.4 Å². The molecule has 340 valence electrons. The van der Waals surface area contributed by atoms with E-state index < -0.39 is 0 Å². The molecule has 0 amide bonds. The predicted octanol–water partition coefficient (Wildman–Crippen LogP) is 16.9. The summed E-state index contributed by atoms with van der Waals surface area (Å²) in [4.78, 5) is 0. The lowest BCUT2D eigenvalue weighted by Gasteiger charge is -2.38. The predicted molar refractivity (Wildman–Crippen MR) is 273 cm³/mol. The molecule has 0 aromatic heterocycles. The molecule has 1 aromatic rings. The Hall–Kier alpha value is -3.46. The van der Waals surface area contributed by atoms with E-state index in [0.29, 0.717) is 23.8 Å². The van der Waals surface area contributed by atoms with Crippen molar-refractivity contribution >= 4 is 0 Å². The van der Waals surface area contributed by atoms with Gasteiger partial charge in [0.25, 0.3) is 0 Å². The molecule has 4 rings (SSSR count). The first-order valence-electron chi connectivity index (χ1n) is 24.7. The number of allylic oxidation sites excluding steroid dienone is 7. The number of benzene rings is 1. The van der Waals surface area contributed by atoms with Gasteiger partial charge in [-0.25, -0.2) is 0 Å². The Morgan fingerprint density at radius 2 is 1.45 bits per heavy atom. The maximum Gasteiger partial charge on any atom is 0.0351 e. The zero-order valence-electron chi connectivity index (χ0n) is 40.8. The van der Waals surface area contributed by atoms with E-state index in [1.165, 1.54) is 126 Å². The van der Waals surface area contributed by atoms with Crippen LogP contribution in [0.2, 0.25) is 0 Å². The highest BCUT2D eigenvalue weighted by Crippen LogP contribution is 2.36. The van der Waals surface area contributed by atoms with Crippen LogP contribution in [-0.2, 0) is 0 Å². The van der Waals surface area contributed by atoms with Crippen LogP contribution in [0.25, 0.3) is 0 Å². The molecule has 0 aliphatic heterocycles. The van der Waals surface area contributed by atoms with Crippen molar-refractivity contribution in [1.82, 2.24) is 16.0 Å². The van der Waals surface area contributed by atoms with Gasteiger partial charge >= 0.3 is 0 Å². The summed E-state index contributed by atoms with van der Waals surface area (Å²) in [5, 5.41) is 10.6. The molecule has 3 aliphatic rings. The summed E-state index contributed by atoms with van der Waals surface area (Å²) in [5.41, 5.74) is 7.69. The van der Waals surface area contributed by atoms with Crippen LogP contribution in [0, 0.1) is 23.7 Å². The Kier molecular flexibility index (Phi) is 35.2. The molecule has 0 heterocycles. The molecule has 1 aromatic carbocycles. The third-order valence-electron chi connectivity index (χ3n) is 12.4. The average molecular weight is 824 g/mol. The summed E-state index contributed by atoms with van der Waals surface area (Å²) in [6.45, 7) is 43.6. The maximum absolute atomic E-state index is 4.44. The molecular weight excluding hydrogens is 727 g/mol. The minimum absolute atomic E-state index is 0.429. The van der Waals surface area contributed by atoms with Gasteiger partial charge in [-0.05, 0) is 119 Å². The average Bonchev–Trinajstić information content (AvgIpc) is 3.81. The fourth-order valence-corrected chi connectivity index (χ4v) is 8.80. The quantitative estimate of drug-likeness (QED) is 0.0552. The molecule has 60 heavy (non-hydrogen) atoms. The normalized spacial score (nSPS) is 16.6. The minimum Gasteiger partial charge on any atom is -0.391 e.